The molecule has 0 unspecified atom stereocenters. The summed E-state index contributed by atoms with van der Waals surface area (Å²) in [7, 11) is -3.61. The van der Waals surface area contributed by atoms with Crippen molar-refractivity contribution in [3.05, 3.63) is 32.8 Å². The zero-order chi connectivity index (χ0) is 13.1. The topological polar surface area (TPSA) is 113 Å². The largest absolute Gasteiger partial charge is 0.491 e. The van der Waals surface area contributed by atoms with Crippen molar-refractivity contribution in [2.45, 2.75) is 0 Å². The summed E-state index contributed by atoms with van der Waals surface area (Å²) < 4.78 is 26.9. The average Bonchev–Trinajstić information content (AvgIpc) is 2.18. The van der Waals surface area contributed by atoms with Gasteiger partial charge in [-0.2, -0.15) is 0 Å². The maximum atomic E-state index is 10.7. The van der Waals surface area contributed by atoms with E-state index in [0.717, 1.165) is 0 Å². The summed E-state index contributed by atoms with van der Waals surface area (Å²) in [5.74, 6) is -0.162. The van der Waals surface area contributed by atoms with Gasteiger partial charge in [-0.1, -0.05) is 0 Å². The van der Waals surface area contributed by atoms with Gasteiger partial charge in [0.15, 0.2) is 0 Å². The summed E-state index contributed by atoms with van der Waals surface area (Å²) in [6.07, 6.45) is 0. The summed E-state index contributed by atoms with van der Waals surface area (Å²) in [6.45, 7) is -0.168. The van der Waals surface area contributed by atoms with Crippen LogP contribution in [0, 0.1) is 10.1 Å². The van der Waals surface area contributed by atoms with Gasteiger partial charge < -0.3 is 4.74 Å². The summed E-state index contributed by atoms with van der Waals surface area (Å²) in [4.78, 5) is 9.95. The molecule has 0 aliphatic heterocycles. The van der Waals surface area contributed by atoms with Gasteiger partial charge in [0, 0.05) is 6.07 Å². The molecule has 0 saturated carbocycles. The quantitative estimate of drug-likeness (QED) is 0.641. The van der Waals surface area contributed by atoms with Crippen LogP contribution in [0.5, 0.6) is 5.75 Å². The van der Waals surface area contributed by atoms with Crippen molar-refractivity contribution < 1.29 is 18.1 Å². The minimum absolute atomic E-state index is 0.140. The smallest absolute Gasteiger partial charge is 0.273 e. The Balaban J connectivity index is 2.76. The van der Waals surface area contributed by atoms with Crippen molar-refractivity contribution >= 4 is 31.6 Å². The number of nitro groups is 1. The van der Waals surface area contributed by atoms with E-state index in [1.807, 2.05) is 0 Å². The molecule has 0 heterocycles. The summed E-state index contributed by atoms with van der Waals surface area (Å²) in [6, 6.07) is 3.95. The molecule has 9 heteroatoms. The minimum atomic E-state index is -3.61. The molecule has 0 radical (unpaired) electrons. The number of sulfonamides is 1. The number of nitrogens with zero attached hydrogens (tertiary/aromatic N) is 1. The Morgan fingerprint density at radius 2 is 2.12 bits per heavy atom. The summed E-state index contributed by atoms with van der Waals surface area (Å²) in [5, 5.41) is 15.3. The van der Waals surface area contributed by atoms with E-state index in [1.165, 1.54) is 18.2 Å². The molecular weight excluding hydrogens is 316 g/mol. The third kappa shape index (κ3) is 4.67. The predicted molar refractivity (Wildman–Crippen MR) is 64.3 cm³/mol. The number of ether oxygens (including phenoxy) is 1. The highest BCUT2D eigenvalue weighted by molar-refractivity contribution is 9.10. The van der Waals surface area contributed by atoms with E-state index in [9.17, 15) is 18.5 Å². The molecule has 1 aromatic carbocycles. The molecule has 17 heavy (non-hydrogen) atoms. The number of nitrogens with two attached hydrogens (primary N) is 1. The van der Waals surface area contributed by atoms with Crippen LogP contribution in [-0.4, -0.2) is 25.7 Å². The molecule has 0 aliphatic rings. The van der Waals surface area contributed by atoms with Crippen LogP contribution >= 0.6 is 15.9 Å². The van der Waals surface area contributed by atoms with Crippen LogP contribution in [0.2, 0.25) is 0 Å². The van der Waals surface area contributed by atoms with E-state index >= 15 is 0 Å². The molecule has 94 valence electrons. The molecule has 0 aliphatic carbocycles. The molecule has 0 bridgehead atoms. The first-order valence-electron chi connectivity index (χ1n) is 4.37. The van der Waals surface area contributed by atoms with Crippen molar-refractivity contribution in [3.63, 3.8) is 0 Å². The van der Waals surface area contributed by atoms with Crippen molar-refractivity contribution in [2.75, 3.05) is 12.4 Å². The third-order valence-electron chi connectivity index (χ3n) is 1.75. The van der Waals surface area contributed by atoms with Crippen LogP contribution in [0.25, 0.3) is 0 Å². The summed E-state index contributed by atoms with van der Waals surface area (Å²) >= 11 is 3.13. The molecule has 2 N–H and O–H groups in total. The number of nitro benzene ring substituents is 1. The van der Waals surface area contributed by atoms with Crippen LogP contribution in [0.3, 0.4) is 0 Å². The van der Waals surface area contributed by atoms with Crippen LogP contribution < -0.4 is 9.88 Å². The number of non-ortho nitro benzene ring substituents is 1. The predicted octanol–water partition coefficient (Wildman–Crippen LogP) is 1.02. The van der Waals surface area contributed by atoms with E-state index in [1.54, 1.807) is 0 Å². The number of benzene rings is 1. The number of hydrogen-bond donors (Lipinski definition) is 1. The van der Waals surface area contributed by atoms with Gasteiger partial charge in [-0.25, -0.2) is 13.6 Å². The van der Waals surface area contributed by atoms with Gasteiger partial charge in [0.2, 0.25) is 10.0 Å². The second-order valence-electron chi connectivity index (χ2n) is 3.09. The number of rotatable bonds is 5. The Hall–Kier alpha value is -1.19. The fourth-order valence-electron chi connectivity index (χ4n) is 0.984. The lowest BCUT2D eigenvalue weighted by molar-refractivity contribution is -0.384. The van der Waals surface area contributed by atoms with Gasteiger partial charge in [-0.3, -0.25) is 10.1 Å². The molecule has 0 amide bonds. The Morgan fingerprint density at radius 1 is 1.47 bits per heavy atom. The molecule has 1 aromatic rings. The third-order valence-corrected chi connectivity index (χ3v) is 3.14. The molecule has 0 saturated heterocycles. The lowest BCUT2D eigenvalue weighted by Crippen LogP contribution is -2.21. The Labute approximate surface area is 106 Å². The van der Waals surface area contributed by atoms with Gasteiger partial charge in [0.25, 0.3) is 5.69 Å². The normalized spacial score (nSPS) is 11.2. The first-order chi connectivity index (χ1) is 7.79. The fourth-order valence-corrected chi connectivity index (χ4v) is 1.66. The van der Waals surface area contributed by atoms with E-state index in [4.69, 9.17) is 9.88 Å². The van der Waals surface area contributed by atoms with E-state index in [2.05, 4.69) is 15.9 Å². The molecule has 0 aromatic heterocycles. The highest BCUT2D eigenvalue weighted by atomic mass is 79.9. The van der Waals surface area contributed by atoms with Gasteiger partial charge in [0.1, 0.15) is 12.4 Å². The average molecular weight is 325 g/mol. The Bertz CT molecular complexity index is 531. The van der Waals surface area contributed by atoms with Crippen LogP contribution in [0.4, 0.5) is 5.69 Å². The molecule has 0 fully saturated rings. The summed E-state index contributed by atoms with van der Waals surface area (Å²) in [5.41, 5.74) is -0.140. The zero-order valence-electron chi connectivity index (χ0n) is 8.50. The van der Waals surface area contributed by atoms with Crippen LogP contribution in [0.1, 0.15) is 0 Å². The molecule has 7 nitrogen and oxygen atoms in total. The van der Waals surface area contributed by atoms with Crippen molar-refractivity contribution in [3.8, 4) is 5.75 Å². The molecule has 0 spiro atoms. The highest BCUT2D eigenvalue weighted by Crippen LogP contribution is 2.29. The fraction of sp³-hybridized carbons (Fsp3) is 0.250. The van der Waals surface area contributed by atoms with Crippen LogP contribution in [0.15, 0.2) is 22.7 Å². The van der Waals surface area contributed by atoms with Crippen molar-refractivity contribution in [1.29, 1.82) is 0 Å². The molecular formula is C8H9BrN2O5S. The number of primary sulfonamides is 1. The second-order valence-corrected chi connectivity index (χ2v) is 5.68. The second kappa shape index (κ2) is 5.43. The van der Waals surface area contributed by atoms with Crippen molar-refractivity contribution in [2.24, 2.45) is 5.14 Å². The van der Waals surface area contributed by atoms with Gasteiger partial charge >= 0.3 is 0 Å². The maximum Gasteiger partial charge on any atom is 0.273 e. The SMILES string of the molecule is NS(=O)(=O)CCOc1cc([N+](=O)[O-])ccc1Br. The first-order valence-corrected chi connectivity index (χ1v) is 6.87. The number of hydrogen-bond acceptors (Lipinski definition) is 5. The molecule has 1 rings (SSSR count). The lowest BCUT2D eigenvalue weighted by atomic mass is 10.3. The monoisotopic (exact) mass is 324 g/mol. The number of halogens is 1. The Morgan fingerprint density at radius 3 is 2.65 bits per heavy atom. The van der Waals surface area contributed by atoms with E-state index in [0.29, 0.717) is 4.47 Å². The first kappa shape index (κ1) is 13.9. The van der Waals surface area contributed by atoms with Crippen LogP contribution in [-0.2, 0) is 10.0 Å². The van der Waals surface area contributed by atoms with Gasteiger partial charge in [-0.05, 0) is 22.0 Å². The van der Waals surface area contributed by atoms with Gasteiger partial charge in [0.05, 0.1) is 21.2 Å². The van der Waals surface area contributed by atoms with Gasteiger partial charge in [-0.15, -0.1) is 0 Å². The highest BCUT2D eigenvalue weighted by Gasteiger charge is 2.11. The standard InChI is InChI=1S/C8H9BrN2O5S/c9-7-2-1-6(11(12)13)5-8(7)16-3-4-17(10,14)15/h1-2,5H,3-4H2,(H2,10,14,15). The maximum absolute atomic E-state index is 10.7. The van der Waals surface area contributed by atoms with E-state index < -0.39 is 14.9 Å². The zero-order valence-corrected chi connectivity index (χ0v) is 10.9. The Kier molecular flexibility index (Phi) is 4.43. The lowest BCUT2D eigenvalue weighted by Gasteiger charge is -2.06. The van der Waals surface area contributed by atoms with Crippen molar-refractivity contribution in [1.82, 2.24) is 0 Å². The van der Waals surface area contributed by atoms with E-state index in [-0.39, 0.29) is 23.8 Å². The minimum Gasteiger partial charge on any atom is -0.491 e. The molecule has 0 atom stereocenters.